The summed E-state index contributed by atoms with van der Waals surface area (Å²) < 4.78 is 0. The SMILES string of the molecule is CC.CC1CC(C(=O)Nc2ncc(-c3ccccc3)s2)CN1C#N. The van der Waals surface area contributed by atoms with Crippen molar-refractivity contribution in [2.75, 3.05) is 11.9 Å². The second-order valence-electron chi connectivity index (χ2n) is 5.42. The van der Waals surface area contributed by atoms with E-state index >= 15 is 0 Å². The number of aromatic nitrogens is 1. The second kappa shape index (κ2) is 8.46. The molecule has 126 valence electrons. The van der Waals surface area contributed by atoms with E-state index in [-0.39, 0.29) is 17.9 Å². The summed E-state index contributed by atoms with van der Waals surface area (Å²) in [5, 5.41) is 12.5. The van der Waals surface area contributed by atoms with Gasteiger partial charge < -0.3 is 10.2 Å². The predicted molar refractivity (Wildman–Crippen MR) is 97.4 cm³/mol. The Labute approximate surface area is 146 Å². The number of rotatable bonds is 3. The molecule has 3 rings (SSSR count). The number of nitrogens with zero attached hydrogens (tertiary/aromatic N) is 3. The van der Waals surface area contributed by atoms with Crippen LogP contribution in [0.25, 0.3) is 10.4 Å². The Hall–Kier alpha value is -2.39. The predicted octanol–water partition coefficient (Wildman–Crippen LogP) is 3.97. The van der Waals surface area contributed by atoms with E-state index in [1.165, 1.54) is 11.3 Å². The van der Waals surface area contributed by atoms with Crippen LogP contribution < -0.4 is 5.32 Å². The molecule has 0 saturated carbocycles. The molecule has 2 atom stereocenters. The molecule has 1 amide bonds. The Kier molecular flexibility index (Phi) is 6.33. The van der Waals surface area contributed by atoms with Crippen LogP contribution in [0.2, 0.25) is 0 Å². The Morgan fingerprint density at radius 2 is 2.08 bits per heavy atom. The Bertz CT molecular complexity index is 707. The summed E-state index contributed by atoms with van der Waals surface area (Å²) in [6, 6.07) is 10.1. The van der Waals surface area contributed by atoms with Crippen molar-refractivity contribution in [1.82, 2.24) is 9.88 Å². The number of nitrogens with one attached hydrogen (secondary N) is 1. The van der Waals surface area contributed by atoms with Gasteiger partial charge in [-0.2, -0.15) is 5.26 Å². The third kappa shape index (κ3) is 4.12. The molecular formula is C18H22N4OS. The summed E-state index contributed by atoms with van der Waals surface area (Å²) in [6.07, 6.45) is 4.61. The van der Waals surface area contributed by atoms with E-state index in [9.17, 15) is 4.79 Å². The van der Waals surface area contributed by atoms with Crippen molar-refractivity contribution in [2.24, 2.45) is 5.92 Å². The molecule has 1 aliphatic heterocycles. The lowest BCUT2D eigenvalue weighted by Gasteiger charge is -2.11. The molecule has 0 spiro atoms. The molecule has 0 aliphatic carbocycles. The molecule has 1 aliphatic rings. The first-order chi connectivity index (χ1) is 11.7. The van der Waals surface area contributed by atoms with E-state index < -0.39 is 0 Å². The molecule has 2 unspecified atom stereocenters. The number of carbonyl (C=O) groups is 1. The van der Waals surface area contributed by atoms with Gasteiger partial charge >= 0.3 is 0 Å². The summed E-state index contributed by atoms with van der Waals surface area (Å²) in [5.41, 5.74) is 1.09. The van der Waals surface area contributed by atoms with Gasteiger partial charge in [0.25, 0.3) is 0 Å². The highest BCUT2D eigenvalue weighted by Crippen LogP contribution is 2.30. The van der Waals surface area contributed by atoms with Crippen molar-refractivity contribution in [3.8, 4) is 16.6 Å². The number of hydrogen-bond acceptors (Lipinski definition) is 5. The lowest BCUT2D eigenvalue weighted by molar-refractivity contribution is -0.119. The lowest BCUT2D eigenvalue weighted by Crippen LogP contribution is -2.25. The monoisotopic (exact) mass is 342 g/mol. The first-order valence-electron chi connectivity index (χ1n) is 8.16. The fourth-order valence-corrected chi connectivity index (χ4v) is 3.46. The highest BCUT2D eigenvalue weighted by atomic mass is 32.1. The molecule has 5 nitrogen and oxygen atoms in total. The minimum absolute atomic E-state index is 0.0569. The van der Waals surface area contributed by atoms with Crippen molar-refractivity contribution in [3.05, 3.63) is 36.5 Å². The fraction of sp³-hybridized carbons (Fsp3) is 0.389. The van der Waals surface area contributed by atoms with Gasteiger partial charge in [-0.15, -0.1) is 0 Å². The zero-order valence-corrected chi connectivity index (χ0v) is 15.0. The molecule has 6 heteroatoms. The molecule has 1 saturated heterocycles. The van der Waals surface area contributed by atoms with Gasteiger partial charge in [0.05, 0.1) is 10.8 Å². The molecule has 1 aromatic carbocycles. The Balaban J connectivity index is 0.00000100. The van der Waals surface area contributed by atoms with Crippen molar-refractivity contribution in [3.63, 3.8) is 0 Å². The molecule has 24 heavy (non-hydrogen) atoms. The number of anilines is 1. The van der Waals surface area contributed by atoms with E-state index in [4.69, 9.17) is 5.26 Å². The number of hydrogen-bond donors (Lipinski definition) is 1. The normalized spacial score (nSPS) is 19.2. The fourth-order valence-electron chi connectivity index (χ4n) is 2.64. The molecule has 0 radical (unpaired) electrons. The maximum Gasteiger partial charge on any atom is 0.231 e. The van der Waals surface area contributed by atoms with E-state index in [0.717, 1.165) is 10.4 Å². The summed E-state index contributed by atoms with van der Waals surface area (Å²) in [6.45, 7) is 6.45. The van der Waals surface area contributed by atoms with Crippen LogP contribution >= 0.6 is 11.3 Å². The molecule has 2 aromatic rings. The first-order valence-corrected chi connectivity index (χ1v) is 8.97. The van der Waals surface area contributed by atoms with Crippen LogP contribution in [0.15, 0.2) is 36.5 Å². The van der Waals surface area contributed by atoms with Crippen LogP contribution in [0.1, 0.15) is 27.2 Å². The van der Waals surface area contributed by atoms with Gasteiger partial charge in [0.1, 0.15) is 0 Å². The van der Waals surface area contributed by atoms with Crippen LogP contribution in [0, 0.1) is 17.4 Å². The van der Waals surface area contributed by atoms with Crippen molar-refractivity contribution >= 4 is 22.4 Å². The molecule has 2 heterocycles. The third-order valence-corrected chi connectivity index (χ3v) is 4.83. The minimum Gasteiger partial charge on any atom is -0.307 e. The van der Waals surface area contributed by atoms with Crippen molar-refractivity contribution in [2.45, 2.75) is 33.2 Å². The van der Waals surface area contributed by atoms with Gasteiger partial charge in [0.15, 0.2) is 11.3 Å². The second-order valence-corrected chi connectivity index (χ2v) is 6.45. The largest absolute Gasteiger partial charge is 0.307 e. The summed E-state index contributed by atoms with van der Waals surface area (Å²) in [5.74, 6) is -0.211. The van der Waals surface area contributed by atoms with Gasteiger partial charge in [-0.1, -0.05) is 55.5 Å². The number of likely N-dealkylation sites (tertiary alicyclic amines) is 1. The van der Waals surface area contributed by atoms with Crippen LogP contribution in [0.5, 0.6) is 0 Å². The zero-order chi connectivity index (χ0) is 17.5. The smallest absolute Gasteiger partial charge is 0.231 e. The highest BCUT2D eigenvalue weighted by molar-refractivity contribution is 7.19. The zero-order valence-electron chi connectivity index (χ0n) is 14.2. The minimum atomic E-state index is -0.154. The summed E-state index contributed by atoms with van der Waals surface area (Å²) in [4.78, 5) is 19.2. The van der Waals surface area contributed by atoms with Gasteiger partial charge in [-0.05, 0) is 18.9 Å². The third-order valence-electron chi connectivity index (χ3n) is 3.87. The van der Waals surface area contributed by atoms with Gasteiger partial charge in [0.2, 0.25) is 5.91 Å². The van der Waals surface area contributed by atoms with Crippen LogP contribution in [0.4, 0.5) is 5.13 Å². The Morgan fingerprint density at radius 1 is 1.38 bits per heavy atom. The quantitative estimate of drug-likeness (QED) is 0.857. The standard InChI is InChI=1S/C16H16N4OS.C2H6/c1-11-7-13(9-20(11)10-17)15(21)19-16-18-8-14(22-16)12-5-3-2-4-6-12;1-2/h2-6,8,11,13H,7,9H2,1H3,(H,18,19,21);1-2H3. The van der Waals surface area contributed by atoms with Gasteiger partial charge in [-0.3, -0.25) is 4.79 Å². The number of thiazole rings is 1. The van der Waals surface area contributed by atoms with E-state index in [1.54, 1.807) is 11.1 Å². The van der Waals surface area contributed by atoms with Gasteiger partial charge in [-0.25, -0.2) is 4.98 Å². The topological polar surface area (TPSA) is 69.0 Å². The van der Waals surface area contributed by atoms with E-state index in [1.807, 2.05) is 51.1 Å². The molecule has 1 aromatic heterocycles. The summed E-state index contributed by atoms with van der Waals surface area (Å²) >= 11 is 1.46. The molecular weight excluding hydrogens is 320 g/mol. The highest BCUT2D eigenvalue weighted by Gasteiger charge is 2.33. The number of carbonyl (C=O) groups excluding carboxylic acids is 1. The van der Waals surface area contributed by atoms with Crippen LogP contribution in [-0.4, -0.2) is 28.4 Å². The Morgan fingerprint density at radius 3 is 2.71 bits per heavy atom. The molecule has 0 bridgehead atoms. The van der Waals surface area contributed by atoms with Crippen LogP contribution in [0.3, 0.4) is 0 Å². The average molecular weight is 342 g/mol. The number of amides is 1. The lowest BCUT2D eigenvalue weighted by atomic mass is 10.1. The number of benzene rings is 1. The summed E-state index contributed by atoms with van der Waals surface area (Å²) in [7, 11) is 0. The van der Waals surface area contributed by atoms with E-state index in [0.29, 0.717) is 18.1 Å². The van der Waals surface area contributed by atoms with Gasteiger partial charge in [0, 0.05) is 18.8 Å². The van der Waals surface area contributed by atoms with Crippen molar-refractivity contribution < 1.29 is 4.79 Å². The van der Waals surface area contributed by atoms with E-state index in [2.05, 4.69) is 16.5 Å². The first kappa shape index (κ1) is 18.0. The molecule has 1 fully saturated rings. The maximum absolute atomic E-state index is 12.3. The number of nitriles is 1. The van der Waals surface area contributed by atoms with Crippen molar-refractivity contribution in [1.29, 1.82) is 5.26 Å². The molecule has 1 N–H and O–H groups in total. The average Bonchev–Trinajstić information content (AvgIpc) is 3.24. The maximum atomic E-state index is 12.3. The van der Waals surface area contributed by atoms with Crippen LogP contribution in [-0.2, 0) is 4.79 Å².